The van der Waals surface area contributed by atoms with Crippen LogP contribution >= 0.6 is 0 Å². The van der Waals surface area contributed by atoms with E-state index in [0.29, 0.717) is 12.0 Å². The van der Waals surface area contributed by atoms with Gasteiger partial charge in [0, 0.05) is 32.0 Å². The molecule has 1 aliphatic carbocycles. The SMILES string of the molecule is CC(C)n1cc(Nc2nc(N(C)CC3CC3)c3cc[nH]c3n2)cn1. The van der Waals surface area contributed by atoms with E-state index < -0.39 is 0 Å². The van der Waals surface area contributed by atoms with E-state index >= 15 is 0 Å². The number of aromatic nitrogens is 5. The van der Waals surface area contributed by atoms with Crippen LogP contribution in [0.25, 0.3) is 11.0 Å². The zero-order valence-corrected chi connectivity index (χ0v) is 14.3. The molecule has 0 radical (unpaired) electrons. The van der Waals surface area contributed by atoms with Crippen molar-refractivity contribution in [1.82, 2.24) is 24.7 Å². The van der Waals surface area contributed by atoms with Crippen LogP contribution in [0.2, 0.25) is 0 Å². The predicted octanol–water partition coefficient (Wildman–Crippen LogP) is 3.33. The molecule has 24 heavy (non-hydrogen) atoms. The fourth-order valence-corrected chi connectivity index (χ4v) is 2.86. The lowest BCUT2D eigenvalue weighted by atomic mass is 10.3. The number of H-pyrrole nitrogens is 1. The summed E-state index contributed by atoms with van der Waals surface area (Å²) in [5.41, 5.74) is 1.74. The Morgan fingerprint density at radius 2 is 2.21 bits per heavy atom. The summed E-state index contributed by atoms with van der Waals surface area (Å²) in [6.07, 6.45) is 8.33. The van der Waals surface area contributed by atoms with Crippen molar-refractivity contribution < 1.29 is 0 Å². The van der Waals surface area contributed by atoms with Gasteiger partial charge in [0.25, 0.3) is 0 Å². The van der Waals surface area contributed by atoms with Gasteiger partial charge in [-0.25, -0.2) is 0 Å². The molecule has 2 N–H and O–H groups in total. The highest BCUT2D eigenvalue weighted by molar-refractivity contribution is 5.88. The summed E-state index contributed by atoms with van der Waals surface area (Å²) < 4.78 is 1.91. The second kappa shape index (κ2) is 5.81. The lowest BCUT2D eigenvalue weighted by Gasteiger charge is -2.19. The summed E-state index contributed by atoms with van der Waals surface area (Å²) in [5.74, 6) is 2.36. The molecule has 1 aliphatic rings. The average molecular weight is 325 g/mol. The summed E-state index contributed by atoms with van der Waals surface area (Å²) in [5, 5.41) is 8.68. The van der Waals surface area contributed by atoms with E-state index in [1.807, 2.05) is 23.1 Å². The Balaban J connectivity index is 1.64. The first-order valence-electron chi connectivity index (χ1n) is 8.47. The Hall–Kier alpha value is -2.57. The number of fused-ring (bicyclic) bond motifs is 1. The van der Waals surface area contributed by atoms with E-state index in [1.54, 1.807) is 6.20 Å². The molecule has 0 unspecified atom stereocenters. The van der Waals surface area contributed by atoms with Gasteiger partial charge in [-0.1, -0.05) is 0 Å². The van der Waals surface area contributed by atoms with Crippen LogP contribution in [0, 0.1) is 5.92 Å². The van der Waals surface area contributed by atoms with Crippen LogP contribution < -0.4 is 10.2 Å². The van der Waals surface area contributed by atoms with Crippen molar-refractivity contribution in [3.05, 3.63) is 24.7 Å². The van der Waals surface area contributed by atoms with Gasteiger partial charge < -0.3 is 15.2 Å². The summed E-state index contributed by atoms with van der Waals surface area (Å²) in [6.45, 7) is 5.24. The number of hydrogen-bond donors (Lipinski definition) is 2. The molecule has 0 saturated heterocycles. The fourth-order valence-electron chi connectivity index (χ4n) is 2.86. The van der Waals surface area contributed by atoms with Gasteiger partial charge in [-0.2, -0.15) is 15.1 Å². The summed E-state index contributed by atoms with van der Waals surface area (Å²) >= 11 is 0. The molecule has 3 aromatic rings. The monoisotopic (exact) mass is 325 g/mol. The van der Waals surface area contributed by atoms with Crippen molar-refractivity contribution in [2.24, 2.45) is 5.92 Å². The minimum Gasteiger partial charge on any atom is -0.359 e. The second-order valence-electron chi connectivity index (χ2n) is 6.86. The topological polar surface area (TPSA) is 74.7 Å². The van der Waals surface area contributed by atoms with Crippen molar-refractivity contribution in [3.8, 4) is 0 Å². The highest BCUT2D eigenvalue weighted by Gasteiger charge is 2.24. The number of nitrogens with zero attached hydrogens (tertiary/aromatic N) is 5. The third kappa shape index (κ3) is 2.93. The first kappa shape index (κ1) is 15.0. The van der Waals surface area contributed by atoms with Crippen LogP contribution in [0.4, 0.5) is 17.5 Å². The second-order valence-corrected chi connectivity index (χ2v) is 6.86. The van der Waals surface area contributed by atoms with Crippen LogP contribution in [0.15, 0.2) is 24.7 Å². The molecule has 7 nitrogen and oxygen atoms in total. The number of nitrogens with one attached hydrogen (secondary N) is 2. The van der Waals surface area contributed by atoms with E-state index in [-0.39, 0.29) is 0 Å². The fraction of sp³-hybridized carbons (Fsp3) is 0.471. The Labute approximate surface area is 141 Å². The minimum absolute atomic E-state index is 0.326. The van der Waals surface area contributed by atoms with Gasteiger partial charge in [-0.05, 0) is 38.7 Å². The highest BCUT2D eigenvalue weighted by atomic mass is 15.3. The Morgan fingerprint density at radius 3 is 2.92 bits per heavy atom. The smallest absolute Gasteiger partial charge is 0.231 e. The zero-order chi connectivity index (χ0) is 16.7. The van der Waals surface area contributed by atoms with E-state index in [4.69, 9.17) is 4.98 Å². The molecule has 4 rings (SSSR count). The molecule has 0 bridgehead atoms. The van der Waals surface area contributed by atoms with E-state index in [2.05, 4.69) is 46.2 Å². The molecule has 3 aromatic heterocycles. The molecule has 3 heterocycles. The molecular weight excluding hydrogens is 302 g/mol. The summed E-state index contributed by atoms with van der Waals surface area (Å²) in [4.78, 5) is 14.8. The van der Waals surface area contributed by atoms with Crippen LogP contribution in [-0.4, -0.2) is 38.3 Å². The van der Waals surface area contributed by atoms with E-state index in [1.165, 1.54) is 12.8 Å². The van der Waals surface area contributed by atoms with Crippen molar-refractivity contribution in [2.75, 3.05) is 23.8 Å². The third-order valence-electron chi connectivity index (χ3n) is 4.37. The normalized spacial score (nSPS) is 14.5. The van der Waals surface area contributed by atoms with Gasteiger partial charge >= 0.3 is 0 Å². The number of rotatable bonds is 6. The average Bonchev–Trinajstić information content (AvgIpc) is 3.05. The van der Waals surface area contributed by atoms with Gasteiger partial charge in [0.05, 0.1) is 17.3 Å². The number of aromatic amines is 1. The lowest BCUT2D eigenvalue weighted by molar-refractivity contribution is 0.532. The lowest BCUT2D eigenvalue weighted by Crippen LogP contribution is -2.21. The molecule has 0 spiro atoms. The summed E-state index contributed by atoms with van der Waals surface area (Å²) in [7, 11) is 2.10. The highest BCUT2D eigenvalue weighted by Crippen LogP contribution is 2.32. The van der Waals surface area contributed by atoms with Gasteiger partial charge in [-0.15, -0.1) is 0 Å². The Bertz CT molecular complexity index is 844. The first-order chi connectivity index (χ1) is 11.6. The molecule has 7 heteroatoms. The molecule has 1 fully saturated rings. The molecule has 1 saturated carbocycles. The number of anilines is 3. The van der Waals surface area contributed by atoms with Crippen LogP contribution in [-0.2, 0) is 0 Å². The van der Waals surface area contributed by atoms with Crippen molar-refractivity contribution in [3.63, 3.8) is 0 Å². The van der Waals surface area contributed by atoms with Crippen molar-refractivity contribution >= 4 is 28.5 Å². The van der Waals surface area contributed by atoms with Crippen LogP contribution in [0.3, 0.4) is 0 Å². The third-order valence-corrected chi connectivity index (χ3v) is 4.37. The minimum atomic E-state index is 0.326. The molecule has 126 valence electrons. The molecule has 0 atom stereocenters. The van der Waals surface area contributed by atoms with Gasteiger partial charge in [0.2, 0.25) is 5.95 Å². The first-order valence-corrected chi connectivity index (χ1v) is 8.47. The van der Waals surface area contributed by atoms with Crippen molar-refractivity contribution in [2.45, 2.75) is 32.7 Å². The number of hydrogen-bond acceptors (Lipinski definition) is 5. The molecule has 0 aliphatic heterocycles. The zero-order valence-electron chi connectivity index (χ0n) is 14.3. The molecule has 0 aromatic carbocycles. The van der Waals surface area contributed by atoms with Crippen LogP contribution in [0.5, 0.6) is 0 Å². The predicted molar refractivity (Wildman–Crippen MR) is 95.8 cm³/mol. The van der Waals surface area contributed by atoms with E-state index in [9.17, 15) is 0 Å². The standard InChI is InChI=1S/C17H23N7/c1-11(2)24-10-13(8-19-24)20-17-21-15-14(6-7-18-15)16(22-17)23(3)9-12-4-5-12/h6-8,10-12H,4-5,9H2,1-3H3,(H2,18,20,21,22). The summed E-state index contributed by atoms with van der Waals surface area (Å²) in [6, 6.07) is 2.36. The Kier molecular flexibility index (Phi) is 3.63. The van der Waals surface area contributed by atoms with Crippen molar-refractivity contribution in [1.29, 1.82) is 0 Å². The van der Waals surface area contributed by atoms with Gasteiger partial charge in [0.15, 0.2) is 0 Å². The van der Waals surface area contributed by atoms with Gasteiger partial charge in [-0.3, -0.25) is 4.68 Å². The maximum Gasteiger partial charge on any atom is 0.231 e. The van der Waals surface area contributed by atoms with E-state index in [0.717, 1.165) is 35.0 Å². The quantitative estimate of drug-likeness (QED) is 0.727. The maximum absolute atomic E-state index is 4.75. The molecular formula is C17H23N7. The maximum atomic E-state index is 4.75. The van der Waals surface area contributed by atoms with Gasteiger partial charge in [0.1, 0.15) is 11.5 Å². The molecule has 0 amide bonds. The Morgan fingerprint density at radius 1 is 1.38 bits per heavy atom. The largest absolute Gasteiger partial charge is 0.359 e. The van der Waals surface area contributed by atoms with Crippen LogP contribution in [0.1, 0.15) is 32.7 Å².